The maximum atomic E-state index is 8.83. The summed E-state index contributed by atoms with van der Waals surface area (Å²) in [5, 5.41) is 9.72. The SMILES string of the molecule is Cn1cc(C#N)c2cc(Br)cnc21. The molecule has 0 aliphatic rings. The molecule has 2 rings (SSSR count). The molecule has 4 heteroatoms. The first kappa shape index (κ1) is 8.27. The lowest BCUT2D eigenvalue weighted by Gasteiger charge is -1.93. The highest BCUT2D eigenvalue weighted by Gasteiger charge is 2.06. The highest BCUT2D eigenvalue weighted by molar-refractivity contribution is 9.10. The second-order valence-electron chi connectivity index (χ2n) is 2.79. The first-order valence-corrected chi connectivity index (χ1v) is 4.52. The minimum Gasteiger partial charge on any atom is -0.334 e. The standard InChI is InChI=1S/C9H6BrN3/c1-13-5-6(3-11)8-2-7(10)4-12-9(8)13/h2,4-5H,1H3. The average Bonchev–Trinajstić information content (AvgIpc) is 2.42. The number of fused-ring (bicyclic) bond motifs is 1. The Balaban J connectivity index is 2.91. The largest absolute Gasteiger partial charge is 0.334 e. The molecular formula is C9H6BrN3. The molecule has 2 aromatic heterocycles. The summed E-state index contributed by atoms with van der Waals surface area (Å²) in [5.74, 6) is 0. The van der Waals surface area contributed by atoms with Gasteiger partial charge >= 0.3 is 0 Å². The number of hydrogen-bond acceptors (Lipinski definition) is 2. The van der Waals surface area contributed by atoms with Crippen LogP contribution in [-0.4, -0.2) is 9.55 Å². The minimum absolute atomic E-state index is 0.659. The summed E-state index contributed by atoms with van der Waals surface area (Å²) in [6.45, 7) is 0. The van der Waals surface area contributed by atoms with Crippen molar-refractivity contribution < 1.29 is 0 Å². The maximum Gasteiger partial charge on any atom is 0.141 e. The van der Waals surface area contributed by atoms with Crippen LogP contribution in [0.2, 0.25) is 0 Å². The lowest BCUT2D eigenvalue weighted by Crippen LogP contribution is -1.86. The molecule has 0 aliphatic carbocycles. The second-order valence-corrected chi connectivity index (χ2v) is 3.71. The molecule has 0 unspecified atom stereocenters. The molecule has 0 N–H and O–H groups in total. The summed E-state index contributed by atoms with van der Waals surface area (Å²) in [4.78, 5) is 4.21. The van der Waals surface area contributed by atoms with Gasteiger partial charge in [-0.15, -0.1) is 0 Å². The molecule has 0 atom stereocenters. The number of hydrogen-bond donors (Lipinski definition) is 0. The van der Waals surface area contributed by atoms with Crippen molar-refractivity contribution in [3.63, 3.8) is 0 Å². The molecule has 0 aliphatic heterocycles. The van der Waals surface area contributed by atoms with Crippen LogP contribution in [0.5, 0.6) is 0 Å². The second kappa shape index (κ2) is 2.86. The smallest absolute Gasteiger partial charge is 0.141 e. The van der Waals surface area contributed by atoms with Crippen molar-refractivity contribution >= 4 is 27.0 Å². The molecule has 0 aromatic carbocycles. The quantitative estimate of drug-likeness (QED) is 0.703. The Morgan fingerprint density at radius 2 is 2.38 bits per heavy atom. The molecule has 2 aromatic rings. The third-order valence-electron chi connectivity index (χ3n) is 1.90. The van der Waals surface area contributed by atoms with Gasteiger partial charge in [0.05, 0.1) is 5.56 Å². The van der Waals surface area contributed by atoms with E-state index >= 15 is 0 Å². The monoisotopic (exact) mass is 235 g/mol. The predicted octanol–water partition coefficient (Wildman–Crippen LogP) is 2.21. The molecular weight excluding hydrogens is 230 g/mol. The number of aryl methyl sites for hydroxylation is 1. The van der Waals surface area contributed by atoms with Crippen LogP contribution in [0.4, 0.5) is 0 Å². The molecule has 0 spiro atoms. The van der Waals surface area contributed by atoms with Gasteiger partial charge in [0.1, 0.15) is 11.7 Å². The van der Waals surface area contributed by atoms with E-state index in [4.69, 9.17) is 5.26 Å². The van der Waals surface area contributed by atoms with E-state index < -0.39 is 0 Å². The summed E-state index contributed by atoms with van der Waals surface area (Å²) in [5.41, 5.74) is 1.49. The molecule has 0 fully saturated rings. The van der Waals surface area contributed by atoms with Gasteiger partial charge in [-0.05, 0) is 22.0 Å². The zero-order chi connectivity index (χ0) is 9.42. The molecule has 0 saturated heterocycles. The van der Waals surface area contributed by atoms with E-state index in [1.807, 2.05) is 17.7 Å². The highest BCUT2D eigenvalue weighted by Crippen LogP contribution is 2.21. The van der Waals surface area contributed by atoms with Crippen molar-refractivity contribution in [2.75, 3.05) is 0 Å². The Bertz CT molecular complexity index is 507. The molecule has 0 amide bonds. The molecule has 0 radical (unpaired) electrons. The Kier molecular flexibility index (Phi) is 1.82. The van der Waals surface area contributed by atoms with Crippen LogP contribution in [0.1, 0.15) is 5.56 Å². The summed E-state index contributed by atoms with van der Waals surface area (Å²) >= 11 is 3.32. The van der Waals surface area contributed by atoms with E-state index in [1.54, 1.807) is 12.4 Å². The van der Waals surface area contributed by atoms with Gasteiger partial charge < -0.3 is 4.57 Å². The fourth-order valence-electron chi connectivity index (χ4n) is 1.32. The lowest BCUT2D eigenvalue weighted by molar-refractivity contribution is 0.946. The van der Waals surface area contributed by atoms with Crippen molar-refractivity contribution in [2.45, 2.75) is 0 Å². The van der Waals surface area contributed by atoms with Crippen LogP contribution >= 0.6 is 15.9 Å². The van der Waals surface area contributed by atoms with E-state index in [0.29, 0.717) is 5.56 Å². The van der Waals surface area contributed by atoms with Gasteiger partial charge in [-0.3, -0.25) is 0 Å². The molecule has 0 bridgehead atoms. The number of pyridine rings is 1. The van der Waals surface area contributed by atoms with Gasteiger partial charge in [-0.25, -0.2) is 4.98 Å². The van der Waals surface area contributed by atoms with Crippen molar-refractivity contribution in [1.82, 2.24) is 9.55 Å². The number of nitriles is 1. The topological polar surface area (TPSA) is 41.6 Å². The minimum atomic E-state index is 0.659. The van der Waals surface area contributed by atoms with Crippen molar-refractivity contribution in [2.24, 2.45) is 7.05 Å². The molecule has 3 nitrogen and oxygen atoms in total. The van der Waals surface area contributed by atoms with Gasteiger partial charge in [0.15, 0.2) is 0 Å². The summed E-state index contributed by atoms with van der Waals surface area (Å²) in [7, 11) is 1.88. The normalized spacial score (nSPS) is 10.2. The van der Waals surface area contributed by atoms with E-state index in [9.17, 15) is 0 Å². The van der Waals surface area contributed by atoms with Gasteiger partial charge in [-0.1, -0.05) is 0 Å². The summed E-state index contributed by atoms with van der Waals surface area (Å²) < 4.78 is 2.74. The molecule has 64 valence electrons. The highest BCUT2D eigenvalue weighted by atomic mass is 79.9. The number of rotatable bonds is 0. The molecule has 0 saturated carbocycles. The van der Waals surface area contributed by atoms with E-state index in [1.165, 1.54) is 0 Å². The van der Waals surface area contributed by atoms with E-state index in [-0.39, 0.29) is 0 Å². The zero-order valence-corrected chi connectivity index (χ0v) is 8.54. The number of halogens is 1. The van der Waals surface area contributed by atoms with Gasteiger partial charge in [-0.2, -0.15) is 5.26 Å². The Labute approximate surface area is 83.7 Å². The number of aromatic nitrogens is 2. The average molecular weight is 236 g/mol. The number of nitrogens with zero attached hydrogens (tertiary/aromatic N) is 3. The van der Waals surface area contributed by atoms with Crippen LogP contribution in [0.25, 0.3) is 11.0 Å². The van der Waals surface area contributed by atoms with Crippen LogP contribution in [0, 0.1) is 11.3 Å². The Hall–Kier alpha value is -1.34. The third-order valence-corrected chi connectivity index (χ3v) is 2.33. The van der Waals surface area contributed by atoms with Crippen LogP contribution < -0.4 is 0 Å². The van der Waals surface area contributed by atoms with E-state index in [0.717, 1.165) is 15.5 Å². The summed E-state index contributed by atoms with van der Waals surface area (Å²) in [6, 6.07) is 4.04. The van der Waals surface area contributed by atoms with Gasteiger partial charge in [0.25, 0.3) is 0 Å². The van der Waals surface area contributed by atoms with Gasteiger partial charge in [0.2, 0.25) is 0 Å². The fourth-order valence-corrected chi connectivity index (χ4v) is 1.66. The Morgan fingerprint density at radius 1 is 1.62 bits per heavy atom. The lowest BCUT2D eigenvalue weighted by atomic mass is 10.2. The van der Waals surface area contributed by atoms with Crippen LogP contribution in [0.3, 0.4) is 0 Å². The fraction of sp³-hybridized carbons (Fsp3) is 0.111. The van der Waals surface area contributed by atoms with Crippen molar-refractivity contribution in [3.05, 3.63) is 28.5 Å². The Morgan fingerprint density at radius 3 is 3.08 bits per heavy atom. The predicted molar refractivity (Wildman–Crippen MR) is 53.1 cm³/mol. The van der Waals surface area contributed by atoms with Crippen LogP contribution in [0.15, 0.2) is 22.9 Å². The summed E-state index contributed by atoms with van der Waals surface area (Å²) in [6.07, 6.45) is 3.51. The van der Waals surface area contributed by atoms with Crippen molar-refractivity contribution in [1.29, 1.82) is 5.26 Å². The first-order valence-electron chi connectivity index (χ1n) is 3.73. The zero-order valence-electron chi connectivity index (χ0n) is 6.95. The third kappa shape index (κ3) is 1.21. The van der Waals surface area contributed by atoms with Crippen molar-refractivity contribution in [3.8, 4) is 6.07 Å². The van der Waals surface area contributed by atoms with Gasteiger partial charge in [0, 0.05) is 29.3 Å². The molecule has 2 heterocycles. The van der Waals surface area contributed by atoms with Crippen LogP contribution in [-0.2, 0) is 7.05 Å². The maximum absolute atomic E-state index is 8.83. The first-order chi connectivity index (χ1) is 6.22. The molecule has 13 heavy (non-hydrogen) atoms. The van der Waals surface area contributed by atoms with E-state index in [2.05, 4.69) is 27.0 Å².